The minimum Gasteiger partial charge on any atom is -0.382 e. The maximum Gasteiger partial charge on any atom is 0.106 e. The maximum atomic E-state index is 8.63. The molecule has 0 amide bonds. The van der Waals surface area contributed by atoms with Crippen LogP contribution in [0.4, 0.5) is 0 Å². The highest BCUT2D eigenvalue weighted by molar-refractivity contribution is 8.76. The Morgan fingerprint density at radius 1 is 1.71 bits per heavy atom. The second-order valence-corrected chi connectivity index (χ2v) is 4.07. The van der Waals surface area contributed by atoms with Crippen LogP contribution < -0.4 is 0 Å². The minimum absolute atomic E-state index is 0.218. The molecule has 0 aliphatic heterocycles. The zero-order valence-electron chi connectivity index (χ0n) is 4.55. The molecule has 1 unspecified atom stereocenters. The van der Waals surface area contributed by atoms with Crippen LogP contribution in [0.15, 0.2) is 0 Å². The van der Waals surface area contributed by atoms with Crippen molar-refractivity contribution in [1.29, 1.82) is 0 Å². The van der Waals surface area contributed by atoms with Gasteiger partial charge in [0.05, 0.1) is 0 Å². The largest absolute Gasteiger partial charge is 0.382 e. The zero-order chi connectivity index (χ0) is 5.70. The number of rotatable bonds is 3. The van der Waals surface area contributed by atoms with Crippen molar-refractivity contribution in [3.8, 4) is 0 Å². The van der Waals surface area contributed by atoms with Crippen molar-refractivity contribution in [2.45, 2.75) is 19.3 Å². The molecule has 0 aliphatic rings. The Hall–Kier alpha value is 0.660. The molecule has 1 N–H and O–H groups in total. The topological polar surface area (TPSA) is 20.2 Å². The lowest BCUT2D eigenvalue weighted by Crippen LogP contribution is -1.86. The van der Waals surface area contributed by atoms with Crippen molar-refractivity contribution in [1.82, 2.24) is 0 Å². The zero-order valence-corrected chi connectivity index (χ0v) is 6.18. The van der Waals surface area contributed by atoms with Crippen LogP contribution in [0.1, 0.15) is 13.8 Å². The summed E-state index contributed by atoms with van der Waals surface area (Å²) >= 11 is 0. The Labute approximate surface area is 52.3 Å². The van der Waals surface area contributed by atoms with Crippen molar-refractivity contribution < 1.29 is 5.11 Å². The molecule has 0 saturated heterocycles. The number of hydrogen-bond acceptors (Lipinski definition) is 3. The summed E-state index contributed by atoms with van der Waals surface area (Å²) in [6, 6.07) is 0. The van der Waals surface area contributed by atoms with E-state index in [1.807, 2.05) is 0 Å². The van der Waals surface area contributed by atoms with Crippen LogP contribution in [0.2, 0.25) is 0 Å². The molecule has 44 valence electrons. The molecule has 0 radical (unpaired) electrons. The molecule has 0 fully saturated rings. The van der Waals surface area contributed by atoms with Gasteiger partial charge < -0.3 is 5.11 Å². The van der Waals surface area contributed by atoms with Gasteiger partial charge in [-0.15, -0.1) is 0 Å². The van der Waals surface area contributed by atoms with E-state index in [9.17, 15) is 0 Å². The van der Waals surface area contributed by atoms with Gasteiger partial charge in [-0.25, -0.2) is 0 Å². The van der Waals surface area contributed by atoms with Crippen LogP contribution in [-0.2, 0) is 0 Å². The Morgan fingerprint density at radius 2 is 2.29 bits per heavy atom. The molecule has 0 aliphatic carbocycles. The fourth-order valence-corrected chi connectivity index (χ4v) is 1.50. The van der Waals surface area contributed by atoms with Gasteiger partial charge in [-0.05, 0) is 6.92 Å². The van der Waals surface area contributed by atoms with Gasteiger partial charge in [0.25, 0.3) is 0 Å². The maximum absolute atomic E-state index is 8.63. The smallest absolute Gasteiger partial charge is 0.106 e. The molecule has 3 heteroatoms. The lowest BCUT2D eigenvalue weighted by Gasteiger charge is -1.97. The lowest BCUT2D eigenvalue weighted by atomic mass is 10.9. The highest BCUT2D eigenvalue weighted by Crippen LogP contribution is 2.23. The summed E-state index contributed by atoms with van der Waals surface area (Å²) in [5, 5.41) is 8.63. The van der Waals surface area contributed by atoms with Gasteiger partial charge in [-0.1, -0.05) is 28.5 Å². The summed E-state index contributed by atoms with van der Waals surface area (Å²) in [5.74, 6) is 1.07. The molecule has 0 aromatic rings. The standard InChI is InChI=1S/C4H10OS2/c1-3-6-7-4(2)5/h4-5H,3H2,1-2H3. The molecule has 0 rings (SSSR count). The third-order valence-corrected chi connectivity index (χ3v) is 2.93. The van der Waals surface area contributed by atoms with E-state index in [0.29, 0.717) is 0 Å². The van der Waals surface area contributed by atoms with Crippen molar-refractivity contribution in [2.24, 2.45) is 0 Å². The van der Waals surface area contributed by atoms with Crippen molar-refractivity contribution in [2.75, 3.05) is 5.75 Å². The summed E-state index contributed by atoms with van der Waals surface area (Å²) in [4.78, 5) is 0. The summed E-state index contributed by atoms with van der Waals surface area (Å²) < 4.78 is 0. The van der Waals surface area contributed by atoms with E-state index in [-0.39, 0.29) is 5.44 Å². The number of hydrogen-bond donors (Lipinski definition) is 1. The average Bonchev–Trinajstić information content (AvgIpc) is 1.61. The van der Waals surface area contributed by atoms with Gasteiger partial charge in [0.2, 0.25) is 0 Å². The second-order valence-electron chi connectivity index (χ2n) is 1.10. The fraction of sp³-hybridized carbons (Fsp3) is 1.00. The molecule has 0 aromatic carbocycles. The van der Waals surface area contributed by atoms with Crippen LogP contribution in [0.3, 0.4) is 0 Å². The van der Waals surface area contributed by atoms with E-state index in [1.165, 1.54) is 10.8 Å². The molecule has 0 aromatic heterocycles. The molecule has 1 atom stereocenters. The Bertz CT molecular complexity index is 38.7. The molecular formula is C4H10OS2. The first-order chi connectivity index (χ1) is 3.27. The Kier molecular flexibility index (Phi) is 5.26. The molecular weight excluding hydrogens is 128 g/mol. The van der Waals surface area contributed by atoms with Gasteiger partial charge in [-0.3, -0.25) is 0 Å². The van der Waals surface area contributed by atoms with Gasteiger partial charge in [0, 0.05) is 5.75 Å². The Morgan fingerprint density at radius 3 is 2.43 bits per heavy atom. The third-order valence-electron chi connectivity index (χ3n) is 0.325. The highest BCUT2D eigenvalue weighted by atomic mass is 33.1. The van der Waals surface area contributed by atoms with E-state index in [2.05, 4.69) is 6.92 Å². The minimum atomic E-state index is -0.218. The second kappa shape index (κ2) is 4.81. The van der Waals surface area contributed by atoms with Gasteiger partial charge >= 0.3 is 0 Å². The summed E-state index contributed by atoms with van der Waals surface area (Å²) in [7, 11) is 3.19. The first kappa shape index (κ1) is 7.66. The normalized spacial score (nSPS) is 14.1. The van der Waals surface area contributed by atoms with Crippen LogP contribution in [0.5, 0.6) is 0 Å². The van der Waals surface area contributed by atoms with Crippen molar-refractivity contribution in [3.63, 3.8) is 0 Å². The summed E-state index contributed by atoms with van der Waals surface area (Å²) in [6.45, 7) is 3.84. The predicted octanol–water partition coefficient (Wildman–Crippen LogP) is 1.73. The molecule has 0 spiro atoms. The van der Waals surface area contributed by atoms with Crippen molar-refractivity contribution in [3.05, 3.63) is 0 Å². The molecule has 0 heterocycles. The lowest BCUT2D eigenvalue weighted by molar-refractivity contribution is 0.285. The van der Waals surface area contributed by atoms with E-state index in [0.717, 1.165) is 5.75 Å². The SMILES string of the molecule is CCSSC(C)O. The molecule has 0 bridgehead atoms. The molecule has 0 saturated carbocycles. The van der Waals surface area contributed by atoms with Crippen LogP contribution in [-0.4, -0.2) is 16.3 Å². The van der Waals surface area contributed by atoms with Gasteiger partial charge in [-0.2, -0.15) is 0 Å². The molecule has 7 heavy (non-hydrogen) atoms. The van der Waals surface area contributed by atoms with Gasteiger partial charge in [0.15, 0.2) is 0 Å². The number of aliphatic hydroxyl groups is 1. The highest BCUT2D eigenvalue weighted by Gasteiger charge is 1.91. The van der Waals surface area contributed by atoms with E-state index < -0.39 is 0 Å². The quantitative estimate of drug-likeness (QED) is 0.474. The predicted molar refractivity (Wildman–Crippen MR) is 37.4 cm³/mol. The first-order valence-electron chi connectivity index (χ1n) is 2.23. The van der Waals surface area contributed by atoms with Gasteiger partial charge in [0.1, 0.15) is 5.44 Å². The molecule has 1 nitrogen and oxygen atoms in total. The third kappa shape index (κ3) is 6.66. The monoisotopic (exact) mass is 138 g/mol. The van der Waals surface area contributed by atoms with E-state index in [1.54, 1.807) is 17.7 Å². The van der Waals surface area contributed by atoms with E-state index in [4.69, 9.17) is 5.11 Å². The van der Waals surface area contributed by atoms with Crippen LogP contribution in [0, 0.1) is 0 Å². The summed E-state index contributed by atoms with van der Waals surface area (Å²) in [6.07, 6.45) is 0. The first-order valence-corrected chi connectivity index (χ1v) is 4.62. The summed E-state index contributed by atoms with van der Waals surface area (Å²) in [5.41, 5.74) is -0.218. The van der Waals surface area contributed by atoms with Crippen molar-refractivity contribution >= 4 is 21.6 Å². The van der Waals surface area contributed by atoms with E-state index >= 15 is 0 Å². The number of aliphatic hydroxyl groups excluding tert-OH is 1. The fourth-order valence-electron chi connectivity index (χ4n) is 0.167. The average molecular weight is 138 g/mol. The van der Waals surface area contributed by atoms with Crippen LogP contribution in [0.25, 0.3) is 0 Å². The Balaban J connectivity index is 2.68. The van der Waals surface area contributed by atoms with Crippen LogP contribution >= 0.6 is 21.6 Å².